The highest BCUT2D eigenvalue weighted by Crippen LogP contribution is 2.69. The average Bonchev–Trinajstić information content (AvgIpc) is 3.20. The van der Waals surface area contributed by atoms with E-state index in [4.69, 9.17) is 8.75 Å². The molecular weight excluding hydrogens is 715 g/mol. The second-order valence-corrected chi connectivity index (χ2v) is 21.0. The molecule has 0 amide bonds. The summed E-state index contributed by atoms with van der Waals surface area (Å²) >= 11 is 0. The SMILES string of the molecule is CC(C)(C)c1ccc(C(CCCOB(O)OS(c2ccccc2)(c2ccccc2)c2ccccc2)(c2ccc(C(C)(C)C)cc2)c2ccc(C(C)(C)C)cc2)cc1. The summed E-state index contributed by atoms with van der Waals surface area (Å²) in [6, 6.07) is 58.4. The smallest absolute Gasteiger partial charge is 0.401 e. The summed E-state index contributed by atoms with van der Waals surface area (Å²) in [6.45, 7) is 20.7. The van der Waals surface area contributed by atoms with Gasteiger partial charge in [-0.25, -0.2) is 0 Å². The van der Waals surface area contributed by atoms with Gasteiger partial charge in [0.2, 0.25) is 0 Å². The van der Waals surface area contributed by atoms with Gasteiger partial charge in [0.15, 0.2) is 0 Å². The minimum Gasteiger partial charge on any atom is -0.401 e. The van der Waals surface area contributed by atoms with Gasteiger partial charge in [0, 0.05) is 26.7 Å². The van der Waals surface area contributed by atoms with E-state index in [1.165, 1.54) is 33.4 Å². The van der Waals surface area contributed by atoms with Crippen LogP contribution in [-0.2, 0) is 30.4 Å². The summed E-state index contributed by atoms with van der Waals surface area (Å²) in [4.78, 5) is 2.96. The number of benzene rings is 6. The topological polar surface area (TPSA) is 38.7 Å². The summed E-state index contributed by atoms with van der Waals surface area (Å²) in [6.07, 6.45) is 1.43. The van der Waals surface area contributed by atoms with Gasteiger partial charge in [-0.15, -0.1) is 0 Å². The maximum absolute atomic E-state index is 11.7. The third-order valence-corrected chi connectivity index (χ3v) is 14.4. The molecule has 0 atom stereocenters. The molecule has 0 heterocycles. The molecule has 0 spiro atoms. The number of hydrogen-bond acceptors (Lipinski definition) is 3. The molecule has 0 fully saturated rings. The van der Waals surface area contributed by atoms with Crippen LogP contribution in [0.5, 0.6) is 0 Å². The highest BCUT2D eigenvalue weighted by molar-refractivity contribution is 8.30. The van der Waals surface area contributed by atoms with Crippen molar-refractivity contribution >= 4 is 17.6 Å². The third kappa shape index (κ3) is 9.34. The summed E-state index contributed by atoms with van der Waals surface area (Å²) in [7, 11) is -3.81. The fourth-order valence-electron chi connectivity index (χ4n) is 7.78. The van der Waals surface area contributed by atoms with Crippen molar-refractivity contribution in [3.8, 4) is 0 Å². The van der Waals surface area contributed by atoms with E-state index < -0.39 is 23.0 Å². The molecule has 6 aromatic carbocycles. The lowest BCUT2D eigenvalue weighted by molar-refractivity contribution is 0.193. The zero-order chi connectivity index (χ0) is 40.9. The Labute approximate surface area is 345 Å². The monoisotopic (exact) mass is 776 g/mol. The minimum absolute atomic E-state index is 0.0321. The van der Waals surface area contributed by atoms with Crippen molar-refractivity contribution in [3.05, 3.63) is 197 Å². The molecule has 0 aliphatic heterocycles. The first kappa shape index (κ1) is 42.2. The molecule has 0 saturated carbocycles. The third-order valence-electron chi connectivity index (χ3n) is 11.1. The molecule has 1 N–H and O–H groups in total. The Hall–Kier alpha value is -4.39. The second-order valence-electron chi connectivity index (χ2n) is 18.3. The number of rotatable bonds is 13. The van der Waals surface area contributed by atoms with Crippen LogP contribution in [0, 0.1) is 0 Å². The van der Waals surface area contributed by atoms with Gasteiger partial charge in [0.25, 0.3) is 0 Å². The summed E-state index contributed by atoms with van der Waals surface area (Å²) in [5, 5.41) is 11.7. The number of hydrogen-bond donors (Lipinski definition) is 1. The van der Waals surface area contributed by atoms with Crippen LogP contribution in [0.15, 0.2) is 178 Å². The molecule has 0 bridgehead atoms. The van der Waals surface area contributed by atoms with E-state index in [2.05, 4.69) is 172 Å². The molecule has 6 aromatic rings. The van der Waals surface area contributed by atoms with Crippen molar-refractivity contribution in [2.45, 2.75) is 112 Å². The van der Waals surface area contributed by atoms with Crippen LogP contribution in [0.25, 0.3) is 0 Å². The van der Waals surface area contributed by atoms with Gasteiger partial charge in [-0.2, -0.15) is 0 Å². The van der Waals surface area contributed by atoms with Gasteiger partial charge in [-0.3, -0.25) is 0 Å². The van der Waals surface area contributed by atoms with Crippen LogP contribution in [0.1, 0.15) is 109 Å². The van der Waals surface area contributed by atoms with E-state index in [1.54, 1.807) is 0 Å². The predicted molar refractivity (Wildman–Crippen MR) is 241 cm³/mol. The van der Waals surface area contributed by atoms with Crippen molar-refractivity contribution in [1.82, 2.24) is 0 Å². The van der Waals surface area contributed by atoms with E-state index in [0.29, 0.717) is 13.0 Å². The normalized spacial score (nSPS) is 13.0. The lowest BCUT2D eigenvalue weighted by Crippen LogP contribution is -2.31. The highest BCUT2D eigenvalue weighted by atomic mass is 32.3. The van der Waals surface area contributed by atoms with Crippen molar-refractivity contribution in [2.75, 3.05) is 6.61 Å². The first-order valence-electron chi connectivity index (χ1n) is 20.3. The maximum atomic E-state index is 11.7. The van der Waals surface area contributed by atoms with Crippen molar-refractivity contribution in [1.29, 1.82) is 0 Å². The fraction of sp³-hybridized carbons (Fsp3) is 0.308. The van der Waals surface area contributed by atoms with E-state index in [1.807, 2.05) is 54.6 Å². The second kappa shape index (κ2) is 17.2. The molecule has 3 nitrogen and oxygen atoms in total. The Morgan fingerprint density at radius 2 is 0.702 bits per heavy atom. The van der Waals surface area contributed by atoms with E-state index in [9.17, 15) is 5.02 Å². The van der Waals surface area contributed by atoms with Crippen LogP contribution in [-0.4, -0.2) is 19.0 Å². The van der Waals surface area contributed by atoms with Crippen LogP contribution >= 0.6 is 10.3 Å². The highest BCUT2D eigenvalue weighted by Gasteiger charge is 2.39. The molecule has 0 saturated heterocycles. The van der Waals surface area contributed by atoms with Crippen molar-refractivity contribution < 1.29 is 13.8 Å². The molecule has 0 aliphatic rings. The van der Waals surface area contributed by atoms with E-state index in [0.717, 1.165) is 21.1 Å². The molecule has 5 heteroatoms. The quantitative estimate of drug-likeness (QED) is 0.0721. The summed E-state index contributed by atoms with van der Waals surface area (Å²) in [5.74, 6) is 0. The Morgan fingerprint density at radius 3 is 0.982 bits per heavy atom. The largest absolute Gasteiger partial charge is 0.647 e. The van der Waals surface area contributed by atoms with Crippen LogP contribution in [0.3, 0.4) is 0 Å². The molecule has 0 radical (unpaired) electrons. The summed E-state index contributed by atoms with van der Waals surface area (Å²) in [5.41, 5.74) is 7.23. The van der Waals surface area contributed by atoms with Crippen molar-refractivity contribution in [3.63, 3.8) is 0 Å². The van der Waals surface area contributed by atoms with Gasteiger partial charge in [0.05, 0.1) is 0 Å². The predicted octanol–water partition coefficient (Wildman–Crippen LogP) is 13.6. The molecule has 6 rings (SSSR count). The Balaban J connectivity index is 1.38. The lowest BCUT2D eigenvalue weighted by Gasteiger charge is -2.41. The van der Waals surface area contributed by atoms with E-state index in [-0.39, 0.29) is 16.2 Å². The van der Waals surface area contributed by atoms with E-state index >= 15 is 0 Å². The standard InChI is InChI=1S/C52H61BO3S/c1-49(2,3)40-26-32-43(33-27-40)52(44-34-28-41(29-35-44)50(4,5)6,45-36-30-42(31-37-45)51(7,8)9)38-19-39-55-53(54)56-57(46-20-13-10-14-21-46,47-22-15-11-16-23-47)48-24-17-12-18-25-48/h10-18,20-37,54H,19,38-39H2,1-9H3. The fourth-order valence-corrected chi connectivity index (χ4v) is 10.9. The maximum Gasteiger partial charge on any atom is 0.647 e. The van der Waals surface area contributed by atoms with Crippen molar-refractivity contribution in [2.24, 2.45) is 0 Å². The van der Waals surface area contributed by atoms with Crippen LogP contribution in [0.2, 0.25) is 0 Å². The minimum atomic E-state index is -2.35. The van der Waals surface area contributed by atoms with Gasteiger partial charge in [0.1, 0.15) is 0 Å². The first-order valence-corrected chi connectivity index (χ1v) is 21.9. The molecule has 0 aromatic heterocycles. The Bertz CT molecular complexity index is 1910. The molecule has 0 unspecified atom stereocenters. The molecule has 296 valence electrons. The van der Waals surface area contributed by atoms with Gasteiger partial charge in [-0.05, 0) is 98.9 Å². The van der Waals surface area contributed by atoms with Gasteiger partial charge < -0.3 is 13.8 Å². The zero-order valence-corrected chi connectivity index (χ0v) is 36.3. The Morgan fingerprint density at radius 1 is 0.421 bits per heavy atom. The van der Waals surface area contributed by atoms with Crippen LogP contribution < -0.4 is 0 Å². The lowest BCUT2D eigenvalue weighted by atomic mass is 9.65. The Kier molecular flexibility index (Phi) is 12.8. The van der Waals surface area contributed by atoms with Crippen LogP contribution in [0.4, 0.5) is 0 Å². The van der Waals surface area contributed by atoms with Gasteiger partial charge in [-0.1, -0.05) is 200 Å². The average molecular weight is 777 g/mol. The first-order chi connectivity index (χ1) is 27.0. The molecule has 57 heavy (non-hydrogen) atoms. The van der Waals surface area contributed by atoms with Gasteiger partial charge >= 0.3 is 7.32 Å². The molecular formula is C52H61BO3S. The molecule has 0 aliphatic carbocycles. The zero-order valence-electron chi connectivity index (χ0n) is 35.5. The summed E-state index contributed by atoms with van der Waals surface area (Å²) < 4.78 is 13.1.